The largest absolute Gasteiger partial charge is 0.241 e. The van der Waals surface area contributed by atoms with E-state index in [9.17, 15) is 0 Å². The highest BCUT2D eigenvalue weighted by atomic mass is 128. The molecule has 0 amide bonds. The third-order valence-corrected chi connectivity index (χ3v) is 7.58. The normalized spacial score (nSPS) is 10.3. The molecule has 3 aromatic rings. The summed E-state index contributed by atoms with van der Waals surface area (Å²) in [5, 5.41) is 1.16. The third kappa shape index (κ3) is 5.09. The molecule has 0 aliphatic rings. The quantitative estimate of drug-likeness (QED) is 0.228. The molecule has 0 saturated heterocycles. The maximum Gasteiger partial charge on any atom is 0.0907 e. The first-order chi connectivity index (χ1) is 13.0. The minimum Gasteiger partial charge on any atom is -0.241 e. The van der Waals surface area contributed by atoms with Crippen molar-refractivity contribution >= 4 is 58.8 Å². The summed E-state index contributed by atoms with van der Waals surface area (Å²) in [5.41, 5.74) is 15.5. The second-order valence-corrected chi connectivity index (χ2v) is 8.86. The van der Waals surface area contributed by atoms with Crippen LogP contribution in [0.4, 0.5) is 0 Å². The Labute approximate surface area is 199 Å². The molecule has 28 heavy (non-hydrogen) atoms. The van der Waals surface area contributed by atoms with Gasteiger partial charge in [0.05, 0.1) is 15.2 Å². The van der Waals surface area contributed by atoms with Gasteiger partial charge in [0, 0.05) is 37.2 Å². The summed E-state index contributed by atoms with van der Waals surface area (Å²) in [6.07, 6.45) is 0. The van der Waals surface area contributed by atoms with Gasteiger partial charge in [0.1, 0.15) is 0 Å². The molecular formula is C24H33I2NS. The summed E-state index contributed by atoms with van der Waals surface area (Å²) in [6.45, 7) is 24.1. The van der Waals surface area contributed by atoms with Crippen LogP contribution in [0, 0.1) is 76.2 Å². The Kier molecular flexibility index (Phi) is 9.88. The fourth-order valence-electron chi connectivity index (χ4n) is 3.53. The molecule has 1 heterocycles. The number of rotatable bonds is 0. The van der Waals surface area contributed by atoms with E-state index in [-0.39, 0.29) is 0 Å². The molecule has 0 fully saturated rings. The lowest BCUT2D eigenvalue weighted by Crippen LogP contribution is -1.98. The number of hydrogen-bond acceptors (Lipinski definition) is 2. The smallest absolute Gasteiger partial charge is 0.0907 e. The van der Waals surface area contributed by atoms with Crippen molar-refractivity contribution in [2.24, 2.45) is 0 Å². The van der Waals surface area contributed by atoms with Gasteiger partial charge in [0.15, 0.2) is 0 Å². The molecule has 0 atom stereocenters. The number of nitrogens with zero attached hydrogens (tertiary/aromatic N) is 1. The Morgan fingerprint density at radius 3 is 1.11 bits per heavy atom. The van der Waals surface area contributed by atoms with Crippen molar-refractivity contribution in [1.82, 2.24) is 4.98 Å². The van der Waals surface area contributed by atoms with Crippen LogP contribution in [0.25, 0.3) is 10.2 Å². The molecule has 0 radical (unpaired) electrons. The topological polar surface area (TPSA) is 12.9 Å². The van der Waals surface area contributed by atoms with Crippen molar-refractivity contribution in [3.8, 4) is 0 Å². The molecule has 1 nitrogen and oxygen atoms in total. The van der Waals surface area contributed by atoms with Gasteiger partial charge in [-0.3, -0.25) is 0 Å². The minimum absolute atomic E-state index is 1.16. The monoisotopic (exact) mass is 621 g/mol. The van der Waals surface area contributed by atoms with Gasteiger partial charge in [-0.15, -0.1) is 11.3 Å². The molecule has 0 unspecified atom stereocenters. The number of benzene rings is 2. The van der Waals surface area contributed by atoms with Crippen molar-refractivity contribution in [3.05, 3.63) is 60.6 Å². The second kappa shape index (κ2) is 10.7. The summed E-state index contributed by atoms with van der Waals surface area (Å²) in [6, 6.07) is 0. The minimum atomic E-state index is 1.16. The van der Waals surface area contributed by atoms with Crippen molar-refractivity contribution in [3.63, 3.8) is 0 Å². The predicted octanol–water partition coefficient (Wildman–Crippen LogP) is 9.15. The molecule has 0 aliphatic heterocycles. The van der Waals surface area contributed by atoms with Crippen molar-refractivity contribution in [2.75, 3.05) is 0 Å². The van der Waals surface area contributed by atoms with Crippen molar-refractivity contribution in [1.29, 1.82) is 0 Å². The highest BCUT2D eigenvalue weighted by Gasteiger charge is 2.12. The van der Waals surface area contributed by atoms with Crippen LogP contribution in [0.5, 0.6) is 0 Å². The van der Waals surface area contributed by atoms with Crippen LogP contribution >= 0.6 is 48.6 Å². The Bertz CT molecular complexity index is 850. The maximum atomic E-state index is 4.59. The molecule has 1 aromatic heterocycles. The van der Waals surface area contributed by atoms with Gasteiger partial charge < -0.3 is 0 Å². The summed E-state index contributed by atoms with van der Waals surface area (Å²) < 4.78 is 1.36. The van der Waals surface area contributed by atoms with E-state index in [0.717, 1.165) is 5.01 Å². The van der Waals surface area contributed by atoms with E-state index in [0.29, 0.717) is 0 Å². The molecule has 2 aromatic carbocycles. The number of aromatic nitrogens is 1. The fourth-order valence-corrected chi connectivity index (χ4v) is 4.57. The molecule has 0 bridgehead atoms. The van der Waals surface area contributed by atoms with Gasteiger partial charge in [-0.2, -0.15) is 0 Å². The van der Waals surface area contributed by atoms with Gasteiger partial charge >= 0.3 is 0 Å². The number of fused-ring (bicyclic) bond motifs is 1. The van der Waals surface area contributed by atoms with Crippen molar-refractivity contribution < 1.29 is 0 Å². The van der Waals surface area contributed by atoms with E-state index in [1.807, 2.05) is 0 Å². The average molecular weight is 621 g/mol. The lowest BCUT2D eigenvalue weighted by atomic mass is 9.90. The lowest BCUT2D eigenvalue weighted by molar-refractivity contribution is 1.13. The first kappa shape index (κ1) is 25.8. The van der Waals surface area contributed by atoms with Crippen LogP contribution in [0.2, 0.25) is 0 Å². The van der Waals surface area contributed by atoms with Crippen LogP contribution < -0.4 is 0 Å². The summed E-state index contributed by atoms with van der Waals surface area (Å²) in [4.78, 5) is 4.59. The SMILES string of the molecule is Cc1c(C)c(C)c(C)c(C)c1C.Cc1nc2c(C)c(C)c(C)c(C)c2s1.II. The highest BCUT2D eigenvalue weighted by molar-refractivity contribution is 15.0. The van der Waals surface area contributed by atoms with Gasteiger partial charge in [-0.1, -0.05) is 0 Å². The van der Waals surface area contributed by atoms with E-state index in [4.69, 9.17) is 0 Å². The molecule has 154 valence electrons. The number of aryl methyl sites for hydroxylation is 3. The molecule has 4 heteroatoms. The lowest BCUT2D eigenvalue weighted by Gasteiger charge is -2.15. The first-order valence-corrected chi connectivity index (χ1v) is 16.6. The third-order valence-electron chi connectivity index (χ3n) is 6.49. The standard InChI is InChI=1S/C12H15NS.C12H18.I2/c1-6-7(2)9(4)12-11(8(6)3)13-10(5)14-12;1-7-8(2)10(4)12(6)11(5)9(7)3;1-2/h1-5H3;1-6H3;. The van der Waals surface area contributed by atoms with Gasteiger partial charge in [0.25, 0.3) is 0 Å². The van der Waals surface area contributed by atoms with E-state index in [1.54, 1.807) is 11.3 Å². The Morgan fingerprint density at radius 1 is 0.464 bits per heavy atom. The van der Waals surface area contributed by atoms with Crippen LogP contribution in [-0.2, 0) is 0 Å². The highest BCUT2D eigenvalue weighted by Crippen LogP contribution is 2.32. The molecule has 3 rings (SSSR count). The summed E-state index contributed by atoms with van der Waals surface area (Å²) in [7, 11) is 0. The van der Waals surface area contributed by atoms with Crippen molar-refractivity contribution in [2.45, 2.75) is 76.2 Å². The molecular weight excluding hydrogens is 588 g/mol. The van der Waals surface area contributed by atoms with Crippen LogP contribution in [0.3, 0.4) is 0 Å². The van der Waals surface area contributed by atoms with E-state index in [2.05, 4.69) is 118 Å². The number of halogens is 2. The summed E-state index contributed by atoms with van der Waals surface area (Å²) >= 11 is 6.04. The van der Waals surface area contributed by atoms with Gasteiger partial charge in [-0.05, 0) is 132 Å². The summed E-state index contributed by atoms with van der Waals surface area (Å²) in [5.74, 6) is 0. The zero-order valence-corrected chi connectivity index (χ0v) is 24.2. The number of thiazole rings is 1. The molecule has 0 N–H and O–H groups in total. The zero-order valence-electron chi connectivity index (χ0n) is 19.1. The number of hydrogen-bond donors (Lipinski definition) is 0. The predicted molar refractivity (Wildman–Crippen MR) is 146 cm³/mol. The molecule has 0 saturated carbocycles. The van der Waals surface area contributed by atoms with Crippen LogP contribution in [0.15, 0.2) is 0 Å². The maximum absolute atomic E-state index is 4.59. The fraction of sp³-hybridized carbons (Fsp3) is 0.458. The Morgan fingerprint density at radius 2 is 0.750 bits per heavy atom. The van der Waals surface area contributed by atoms with Crippen LogP contribution in [-0.4, -0.2) is 4.98 Å². The zero-order chi connectivity index (χ0) is 21.9. The van der Waals surface area contributed by atoms with E-state index >= 15 is 0 Å². The molecule has 0 aliphatic carbocycles. The van der Waals surface area contributed by atoms with E-state index in [1.165, 1.54) is 65.9 Å². The average Bonchev–Trinajstić information content (AvgIpc) is 3.10. The van der Waals surface area contributed by atoms with Crippen LogP contribution in [0.1, 0.15) is 60.6 Å². The second-order valence-electron chi connectivity index (χ2n) is 7.66. The Balaban J connectivity index is 0.000000260. The first-order valence-electron chi connectivity index (χ1n) is 9.50. The van der Waals surface area contributed by atoms with E-state index < -0.39 is 0 Å². The Hall–Kier alpha value is -0.210. The van der Waals surface area contributed by atoms with Gasteiger partial charge in [0.2, 0.25) is 0 Å². The molecule has 0 spiro atoms. The van der Waals surface area contributed by atoms with Gasteiger partial charge in [-0.25, -0.2) is 4.98 Å².